The summed E-state index contributed by atoms with van der Waals surface area (Å²) in [7, 11) is 1.42. The van der Waals surface area contributed by atoms with E-state index in [1.165, 1.54) is 7.11 Å². The van der Waals surface area contributed by atoms with Crippen LogP contribution in [0.1, 0.15) is 0 Å². The van der Waals surface area contributed by atoms with Gasteiger partial charge in [0.15, 0.2) is 0 Å². The fourth-order valence-electron chi connectivity index (χ4n) is 0.213. The van der Waals surface area contributed by atoms with Crippen molar-refractivity contribution in [3.63, 3.8) is 0 Å². The number of oxime groups is 1. The zero-order valence-corrected chi connectivity index (χ0v) is 5.20. The monoisotopic (exact) mass is 128 g/mol. The second-order valence-electron chi connectivity index (χ2n) is 1.01. The van der Waals surface area contributed by atoms with E-state index in [9.17, 15) is 0 Å². The third-order valence-corrected chi connectivity index (χ3v) is 0.523. The van der Waals surface area contributed by atoms with Crippen molar-refractivity contribution < 1.29 is 9.57 Å². The highest BCUT2D eigenvalue weighted by atomic mass is 16.6. The van der Waals surface area contributed by atoms with Crippen molar-refractivity contribution in [2.45, 2.75) is 0 Å². The minimum Gasteiger partial charge on any atom is -0.465 e. The molecule has 0 atom stereocenters. The molecular formula is C5H8N2O2. The Bertz CT molecular complexity index is 131. The highest BCUT2D eigenvalue weighted by Crippen LogP contribution is 1.82. The van der Waals surface area contributed by atoms with Crippen molar-refractivity contribution in [1.82, 2.24) is 0 Å². The summed E-state index contributed by atoms with van der Waals surface area (Å²) >= 11 is 0. The van der Waals surface area contributed by atoms with Crippen LogP contribution in [0.4, 0.5) is 0 Å². The largest absolute Gasteiger partial charge is 0.465 e. The van der Waals surface area contributed by atoms with Gasteiger partial charge in [-0.2, -0.15) is 0 Å². The Labute approximate surface area is 53.5 Å². The summed E-state index contributed by atoms with van der Waals surface area (Å²) in [5.74, 6) is 0. The summed E-state index contributed by atoms with van der Waals surface area (Å²) in [6, 6.07) is 0.0786. The Balaban J connectivity index is 3.74. The van der Waals surface area contributed by atoms with Crippen LogP contribution < -0.4 is 0 Å². The first-order valence-corrected chi connectivity index (χ1v) is 2.20. The average Bonchev–Trinajstić information content (AvgIpc) is 1.91. The molecule has 0 saturated carbocycles. The van der Waals surface area contributed by atoms with Crippen LogP contribution in [0.2, 0.25) is 0 Å². The van der Waals surface area contributed by atoms with E-state index in [4.69, 9.17) is 0 Å². The summed E-state index contributed by atoms with van der Waals surface area (Å²) in [5.41, 5.74) is 0. The number of aliphatic imine (C=N–C) groups is 1. The van der Waals surface area contributed by atoms with E-state index in [-0.39, 0.29) is 6.02 Å². The van der Waals surface area contributed by atoms with Crippen LogP contribution in [-0.2, 0) is 9.57 Å². The predicted octanol–water partition coefficient (Wildman–Crippen LogP) is 0.764. The lowest BCUT2D eigenvalue weighted by atomic mass is 11.1. The van der Waals surface area contributed by atoms with E-state index in [1.807, 2.05) is 0 Å². The lowest BCUT2D eigenvalue weighted by Crippen LogP contribution is -1.95. The van der Waals surface area contributed by atoms with Crippen molar-refractivity contribution in [1.29, 1.82) is 0 Å². The van der Waals surface area contributed by atoms with Gasteiger partial charge >= 0.3 is 6.02 Å². The van der Waals surface area contributed by atoms with E-state index in [0.717, 1.165) is 6.26 Å². The molecule has 0 saturated heterocycles. The molecule has 0 amide bonds. The highest BCUT2D eigenvalue weighted by Gasteiger charge is 1.87. The summed E-state index contributed by atoms with van der Waals surface area (Å²) in [5, 5.41) is 3.33. The molecule has 4 heteroatoms. The Hall–Kier alpha value is -1.32. The zero-order chi connectivity index (χ0) is 7.11. The smallest absolute Gasteiger partial charge is 0.350 e. The Morgan fingerprint density at radius 2 is 2.33 bits per heavy atom. The summed E-state index contributed by atoms with van der Waals surface area (Å²) in [6.07, 6.45) is 1.16. The molecule has 0 aliphatic heterocycles. The van der Waals surface area contributed by atoms with Gasteiger partial charge in [0, 0.05) is 0 Å². The predicted molar refractivity (Wildman–Crippen MR) is 35.3 cm³/mol. The highest BCUT2D eigenvalue weighted by molar-refractivity contribution is 5.77. The second kappa shape index (κ2) is 4.83. The van der Waals surface area contributed by atoms with Crippen molar-refractivity contribution in [3.8, 4) is 0 Å². The summed E-state index contributed by atoms with van der Waals surface area (Å²) in [4.78, 5) is 7.72. The van der Waals surface area contributed by atoms with Crippen LogP contribution in [0.3, 0.4) is 0 Å². The molecule has 0 rings (SSSR count). The number of rotatable bonds is 2. The van der Waals surface area contributed by atoms with E-state index in [0.29, 0.717) is 0 Å². The van der Waals surface area contributed by atoms with E-state index >= 15 is 0 Å². The molecule has 0 aromatic rings. The molecule has 50 valence electrons. The molecule has 0 aromatic carbocycles. The third-order valence-electron chi connectivity index (χ3n) is 0.523. The van der Waals surface area contributed by atoms with E-state index in [1.54, 1.807) is 0 Å². The summed E-state index contributed by atoms with van der Waals surface area (Å²) < 4.78 is 4.55. The van der Waals surface area contributed by atoms with Gasteiger partial charge in [-0.3, -0.25) is 0 Å². The van der Waals surface area contributed by atoms with E-state index < -0.39 is 0 Å². The van der Waals surface area contributed by atoms with Crippen LogP contribution in [0.15, 0.2) is 23.0 Å². The number of methoxy groups -OCH3 is 1. The maximum absolute atomic E-state index is 4.55. The number of ether oxygens (including phenoxy) is 1. The van der Waals surface area contributed by atoms with Gasteiger partial charge in [0.1, 0.15) is 6.26 Å². The van der Waals surface area contributed by atoms with Crippen LogP contribution in [0.25, 0.3) is 0 Å². The average molecular weight is 128 g/mol. The van der Waals surface area contributed by atoms with Gasteiger partial charge in [-0.25, -0.2) is 4.99 Å². The van der Waals surface area contributed by atoms with Gasteiger partial charge in [0.25, 0.3) is 0 Å². The molecule has 0 bridgehead atoms. The van der Waals surface area contributed by atoms with Crippen molar-refractivity contribution in [3.05, 3.63) is 12.8 Å². The second-order valence-corrected chi connectivity index (χ2v) is 1.01. The number of nitrogens with zero attached hydrogens (tertiary/aromatic N) is 2. The minimum absolute atomic E-state index is 0.0786. The molecule has 0 aliphatic rings. The SMILES string of the molecule is C=CO/N=C(\N=C)OC. The van der Waals surface area contributed by atoms with Gasteiger partial charge in [0.05, 0.1) is 7.11 Å². The quantitative estimate of drug-likeness (QED) is 0.238. The first kappa shape index (κ1) is 7.68. The van der Waals surface area contributed by atoms with Gasteiger partial charge < -0.3 is 9.57 Å². The molecule has 0 aromatic heterocycles. The molecule has 0 radical (unpaired) electrons. The molecule has 4 nitrogen and oxygen atoms in total. The van der Waals surface area contributed by atoms with Crippen LogP contribution in [0.5, 0.6) is 0 Å². The van der Waals surface area contributed by atoms with Crippen molar-refractivity contribution in [2.24, 2.45) is 10.1 Å². The Morgan fingerprint density at radius 1 is 1.67 bits per heavy atom. The molecule has 0 N–H and O–H groups in total. The van der Waals surface area contributed by atoms with Crippen LogP contribution >= 0.6 is 0 Å². The molecule has 0 aliphatic carbocycles. The Kier molecular flexibility index (Phi) is 4.12. The number of hydrogen-bond donors (Lipinski definition) is 0. The Morgan fingerprint density at radius 3 is 2.67 bits per heavy atom. The van der Waals surface area contributed by atoms with Crippen LogP contribution in [0, 0.1) is 0 Å². The fourth-order valence-corrected chi connectivity index (χ4v) is 0.213. The number of amidine groups is 1. The van der Waals surface area contributed by atoms with Crippen molar-refractivity contribution >= 4 is 12.7 Å². The number of hydrogen-bond acceptors (Lipinski definition) is 3. The molecule has 0 heterocycles. The van der Waals surface area contributed by atoms with Gasteiger partial charge in [-0.05, 0) is 11.9 Å². The molecule has 9 heavy (non-hydrogen) atoms. The lowest BCUT2D eigenvalue weighted by Gasteiger charge is -1.92. The van der Waals surface area contributed by atoms with E-state index in [2.05, 4.69) is 33.0 Å². The molecule has 0 spiro atoms. The molecule has 0 fully saturated rings. The zero-order valence-electron chi connectivity index (χ0n) is 5.20. The van der Waals surface area contributed by atoms with Crippen molar-refractivity contribution in [2.75, 3.05) is 7.11 Å². The molecule has 0 unspecified atom stereocenters. The third kappa shape index (κ3) is 3.28. The first-order valence-electron chi connectivity index (χ1n) is 2.20. The van der Waals surface area contributed by atoms with Crippen LogP contribution in [-0.4, -0.2) is 19.8 Å². The topological polar surface area (TPSA) is 43.2 Å². The van der Waals surface area contributed by atoms with Gasteiger partial charge in [-0.1, -0.05) is 6.58 Å². The summed E-state index contributed by atoms with van der Waals surface area (Å²) in [6.45, 7) is 6.42. The maximum Gasteiger partial charge on any atom is 0.350 e. The minimum atomic E-state index is 0.0786. The standard InChI is InChI=1S/C5H8N2O2/c1-4-9-7-5(6-2)8-3/h4H,1-2H2,3H3/b7-5+. The normalized spacial score (nSPS) is 10.1. The maximum atomic E-state index is 4.55. The fraction of sp³-hybridized carbons (Fsp3) is 0.200. The molecular weight excluding hydrogens is 120 g/mol. The van der Waals surface area contributed by atoms with Gasteiger partial charge in [0.2, 0.25) is 0 Å². The first-order chi connectivity index (χ1) is 4.35. The van der Waals surface area contributed by atoms with Gasteiger partial charge in [-0.15, -0.1) is 0 Å². The lowest BCUT2D eigenvalue weighted by molar-refractivity contribution is 0.247.